The summed E-state index contributed by atoms with van der Waals surface area (Å²) < 4.78 is 19.3. The highest BCUT2D eigenvalue weighted by Crippen LogP contribution is 2.22. The summed E-state index contributed by atoms with van der Waals surface area (Å²) in [5, 5.41) is 2.51. The lowest BCUT2D eigenvalue weighted by atomic mass is 10.1. The second kappa shape index (κ2) is 5.79. The average Bonchev–Trinajstić information content (AvgIpc) is 2.38. The molecular weight excluding hydrogens is 315 g/mol. The van der Waals surface area contributed by atoms with Crippen LogP contribution in [-0.4, -0.2) is 18.0 Å². The van der Waals surface area contributed by atoms with Crippen molar-refractivity contribution in [3.8, 4) is 5.75 Å². The summed E-state index contributed by atoms with van der Waals surface area (Å²) >= 11 is 3.19. The number of pyridine rings is 1. The van der Waals surface area contributed by atoms with Gasteiger partial charge >= 0.3 is 0 Å². The van der Waals surface area contributed by atoms with Crippen LogP contribution in [0.5, 0.6) is 5.75 Å². The van der Waals surface area contributed by atoms with E-state index in [0.29, 0.717) is 10.4 Å². The number of amides is 1. The van der Waals surface area contributed by atoms with Crippen molar-refractivity contribution in [3.63, 3.8) is 0 Å². The Hall–Kier alpha value is -1.95. The Labute approximate surface area is 117 Å². The molecule has 1 aromatic carbocycles. The topological polar surface area (TPSA) is 51.2 Å². The largest absolute Gasteiger partial charge is 0.496 e. The normalized spacial score (nSPS) is 10.1. The fourth-order valence-electron chi connectivity index (χ4n) is 1.55. The lowest BCUT2D eigenvalue weighted by Crippen LogP contribution is -2.16. The van der Waals surface area contributed by atoms with Crippen molar-refractivity contribution >= 4 is 27.7 Å². The predicted molar refractivity (Wildman–Crippen MR) is 72.8 cm³/mol. The molecule has 1 amide bonds. The van der Waals surface area contributed by atoms with E-state index in [0.717, 1.165) is 0 Å². The van der Waals surface area contributed by atoms with Gasteiger partial charge in [-0.25, -0.2) is 9.37 Å². The number of anilines is 1. The fourth-order valence-corrected chi connectivity index (χ4v) is 1.90. The molecule has 6 heteroatoms. The molecule has 0 aliphatic heterocycles. The highest BCUT2D eigenvalue weighted by Gasteiger charge is 2.17. The van der Waals surface area contributed by atoms with E-state index in [4.69, 9.17) is 4.74 Å². The molecule has 2 aromatic rings. The van der Waals surface area contributed by atoms with Crippen LogP contribution in [0.2, 0.25) is 0 Å². The number of hydrogen-bond acceptors (Lipinski definition) is 3. The standard InChI is InChI=1S/C13H10BrFN2O2/c1-19-9-5-2-4-8(15)12(9)13(18)17-11-7-3-6-10(14)16-11/h2-7H,1H3,(H,16,17,18). The minimum Gasteiger partial charge on any atom is -0.496 e. The molecule has 0 fully saturated rings. The molecule has 0 atom stereocenters. The van der Waals surface area contributed by atoms with Crippen LogP contribution in [0.1, 0.15) is 10.4 Å². The maximum Gasteiger partial charge on any atom is 0.263 e. The fraction of sp³-hybridized carbons (Fsp3) is 0.0769. The van der Waals surface area contributed by atoms with Gasteiger partial charge in [0.25, 0.3) is 5.91 Å². The SMILES string of the molecule is COc1cccc(F)c1C(=O)Nc1cccc(Br)n1. The number of ether oxygens (including phenoxy) is 1. The first-order valence-electron chi connectivity index (χ1n) is 5.38. The summed E-state index contributed by atoms with van der Waals surface area (Å²) in [6.45, 7) is 0. The number of nitrogens with one attached hydrogen (secondary N) is 1. The van der Waals surface area contributed by atoms with Gasteiger partial charge in [0.1, 0.15) is 27.6 Å². The number of halogens is 2. The molecule has 2 rings (SSSR count). The van der Waals surface area contributed by atoms with Crippen molar-refractivity contribution in [1.82, 2.24) is 4.98 Å². The van der Waals surface area contributed by atoms with Gasteiger partial charge in [-0.05, 0) is 40.2 Å². The molecular formula is C13H10BrFN2O2. The van der Waals surface area contributed by atoms with Gasteiger partial charge in [-0.15, -0.1) is 0 Å². The minimum absolute atomic E-state index is 0.147. The van der Waals surface area contributed by atoms with Crippen LogP contribution in [-0.2, 0) is 0 Å². The Morgan fingerprint density at radius 1 is 1.32 bits per heavy atom. The zero-order chi connectivity index (χ0) is 13.8. The molecule has 0 saturated heterocycles. The zero-order valence-electron chi connectivity index (χ0n) is 9.98. The third-order valence-electron chi connectivity index (χ3n) is 2.38. The van der Waals surface area contributed by atoms with Gasteiger partial charge < -0.3 is 10.1 Å². The molecule has 98 valence electrons. The summed E-state index contributed by atoms with van der Waals surface area (Å²) in [5.74, 6) is -0.760. The summed E-state index contributed by atoms with van der Waals surface area (Å²) in [6.07, 6.45) is 0. The van der Waals surface area contributed by atoms with Gasteiger partial charge in [-0.1, -0.05) is 12.1 Å². The lowest BCUT2D eigenvalue weighted by molar-refractivity contribution is 0.101. The van der Waals surface area contributed by atoms with Gasteiger partial charge in [-0.2, -0.15) is 0 Å². The van der Waals surface area contributed by atoms with Crippen LogP contribution in [0, 0.1) is 5.82 Å². The Morgan fingerprint density at radius 2 is 2.05 bits per heavy atom. The third-order valence-corrected chi connectivity index (χ3v) is 2.82. The highest BCUT2D eigenvalue weighted by atomic mass is 79.9. The number of carbonyl (C=O) groups excluding carboxylic acids is 1. The van der Waals surface area contributed by atoms with Gasteiger partial charge in [0.15, 0.2) is 0 Å². The molecule has 0 saturated carbocycles. The molecule has 0 unspecified atom stereocenters. The van der Waals surface area contributed by atoms with Crippen LogP contribution in [0.4, 0.5) is 10.2 Å². The van der Waals surface area contributed by atoms with E-state index in [1.165, 1.54) is 25.3 Å². The second-order valence-corrected chi connectivity index (χ2v) is 4.43. The Balaban J connectivity index is 2.30. The van der Waals surface area contributed by atoms with Crippen molar-refractivity contribution < 1.29 is 13.9 Å². The van der Waals surface area contributed by atoms with Crippen molar-refractivity contribution in [2.45, 2.75) is 0 Å². The van der Waals surface area contributed by atoms with E-state index in [2.05, 4.69) is 26.2 Å². The number of aromatic nitrogens is 1. The highest BCUT2D eigenvalue weighted by molar-refractivity contribution is 9.10. The Morgan fingerprint density at radius 3 is 2.74 bits per heavy atom. The molecule has 1 aromatic heterocycles. The molecule has 1 N–H and O–H groups in total. The third kappa shape index (κ3) is 3.08. The number of methoxy groups -OCH3 is 1. The quantitative estimate of drug-likeness (QED) is 0.882. The first-order valence-corrected chi connectivity index (χ1v) is 6.17. The van der Waals surface area contributed by atoms with Gasteiger partial charge in [-0.3, -0.25) is 4.79 Å². The van der Waals surface area contributed by atoms with Crippen LogP contribution >= 0.6 is 15.9 Å². The number of carbonyl (C=O) groups is 1. The van der Waals surface area contributed by atoms with Crippen molar-refractivity contribution in [1.29, 1.82) is 0 Å². The zero-order valence-corrected chi connectivity index (χ0v) is 11.6. The summed E-state index contributed by atoms with van der Waals surface area (Å²) in [7, 11) is 1.38. The molecule has 0 radical (unpaired) electrons. The van der Waals surface area contributed by atoms with Crippen molar-refractivity contribution in [3.05, 3.63) is 52.4 Å². The van der Waals surface area contributed by atoms with Gasteiger partial charge in [0, 0.05) is 0 Å². The summed E-state index contributed by atoms with van der Waals surface area (Å²) in [5.41, 5.74) is -0.147. The van der Waals surface area contributed by atoms with E-state index in [9.17, 15) is 9.18 Å². The van der Waals surface area contributed by atoms with E-state index in [1.807, 2.05) is 0 Å². The summed E-state index contributed by atoms with van der Waals surface area (Å²) in [4.78, 5) is 16.1. The smallest absolute Gasteiger partial charge is 0.263 e. The number of rotatable bonds is 3. The number of nitrogens with zero attached hydrogens (tertiary/aromatic N) is 1. The number of hydrogen-bond donors (Lipinski definition) is 1. The van der Waals surface area contributed by atoms with Crippen LogP contribution in [0.3, 0.4) is 0 Å². The maximum atomic E-state index is 13.7. The number of benzene rings is 1. The maximum absolute atomic E-state index is 13.7. The van der Waals surface area contributed by atoms with Crippen molar-refractivity contribution in [2.75, 3.05) is 12.4 Å². The molecule has 0 aliphatic carbocycles. The van der Waals surface area contributed by atoms with Crippen molar-refractivity contribution in [2.24, 2.45) is 0 Å². The van der Waals surface area contributed by atoms with E-state index in [1.54, 1.807) is 18.2 Å². The van der Waals surface area contributed by atoms with E-state index < -0.39 is 11.7 Å². The van der Waals surface area contributed by atoms with Crippen LogP contribution < -0.4 is 10.1 Å². The average molecular weight is 325 g/mol. The van der Waals surface area contributed by atoms with Gasteiger partial charge in [0.05, 0.1) is 7.11 Å². The monoisotopic (exact) mass is 324 g/mol. The Kier molecular flexibility index (Phi) is 4.11. The van der Waals surface area contributed by atoms with Crippen LogP contribution in [0.15, 0.2) is 41.0 Å². The molecule has 0 bridgehead atoms. The molecule has 19 heavy (non-hydrogen) atoms. The molecule has 4 nitrogen and oxygen atoms in total. The second-order valence-electron chi connectivity index (χ2n) is 3.62. The first kappa shape index (κ1) is 13.5. The Bertz CT molecular complexity index is 619. The van der Waals surface area contributed by atoms with E-state index >= 15 is 0 Å². The first-order chi connectivity index (χ1) is 9.11. The molecule has 1 heterocycles. The van der Waals surface area contributed by atoms with Gasteiger partial charge in [0.2, 0.25) is 0 Å². The molecule has 0 aliphatic rings. The van der Waals surface area contributed by atoms with E-state index in [-0.39, 0.29) is 11.3 Å². The minimum atomic E-state index is -0.646. The molecule has 0 spiro atoms. The summed E-state index contributed by atoms with van der Waals surface area (Å²) in [6, 6.07) is 9.24. The lowest BCUT2D eigenvalue weighted by Gasteiger charge is -2.09. The van der Waals surface area contributed by atoms with Crippen LogP contribution in [0.25, 0.3) is 0 Å². The predicted octanol–water partition coefficient (Wildman–Crippen LogP) is 3.24.